The Bertz CT molecular complexity index is 114. The van der Waals surface area contributed by atoms with E-state index < -0.39 is 0 Å². The van der Waals surface area contributed by atoms with E-state index in [-0.39, 0.29) is 5.38 Å². The molecule has 66 valence electrons. The largest absolute Gasteiger partial charge is 0.374 e. The minimum absolute atomic E-state index is 0.256. The first-order valence-electron chi connectivity index (χ1n) is 4.49. The molecule has 0 aliphatic heterocycles. The van der Waals surface area contributed by atoms with Gasteiger partial charge in [-0.25, -0.2) is 0 Å². The topological polar surface area (TPSA) is 9.23 Å². The monoisotopic (exact) mass is 176 g/mol. The molecule has 0 saturated heterocycles. The van der Waals surface area contributed by atoms with Crippen LogP contribution < -0.4 is 0 Å². The molecule has 0 amide bonds. The van der Waals surface area contributed by atoms with Crippen LogP contribution in [0.15, 0.2) is 0 Å². The third-order valence-corrected chi connectivity index (χ3v) is 2.57. The van der Waals surface area contributed by atoms with E-state index in [1.807, 2.05) is 0 Å². The van der Waals surface area contributed by atoms with Gasteiger partial charge in [0.05, 0.1) is 17.6 Å². The Hall–Kier alpha value is 0.250. The summed E-state index contributed by atoms with van der Waals surface area (Å²) in [6, 6.07) is 0. The van der Waals surface area contributed by atoms with Crippen molar-refractivity contribution in [3.05, 3.63) is 0 Å². The zero-order chi connectivity index (χ0) is 8.27. The quantitative estimate of drug-likeness (QED) is 0.588. The fourth-order valence-electron chi connectivity index (χ4n) is 1.55. The average molecular weight is 177 g/mol. The van der Waals surface area contributed by atoms with E-state index in [0.717, 1.165) is 12.8 Å². The first kappa shape index (κ1) is 9.34. The molecule has 1 rings (SSSR count). The fraction of sp³-hybridized carbons (Fsp3) is 1.00. The summed E-state index contributed by atoms with van der Waals surface area (Å²) >= 11 is 6.10. The first-order valence-corrected chi connectivity index (χ1v) is 4.93. The molecule has 0 aromatic carbocycles. The van der Waals surface area contributed by atoms with Crippen molar-refractivity contribution in [3.63, 3.8) is 0 Å². The van der Waals surface area contributed by atoms with Crippen molar-refractivity contribution < 1.29 is 4.74 Å². The van der Waals surface area contributed by atoms with Crippen LogP contribution >= 0.6 is 11.6 Å². The van der Waals surface area contributed by atoms with Gasteiger partial charge in [0.15, 0.2) is 0 Å². The normalized spacial score (nSPS) is 32.7. The Morgan fingerprint density at radius 2 is 1.91 bits per heavy atom. The highest BCUT2D eigenvalue weighted by Crippen LogP contribution is 2.26. The molecule has 2 atom stereocenters. The highest BCUT2D eigenvalue weighted by molar-refractivity contribution is 6.21. The van der Waals surface area contributed by atoms with E-state index in [4.69, 9.17) is 16.3 Å². The van der Waals surface area contributed by atoms with E-state index in [2.05, 4.69) is 13.8 Å². The van der Waals surface area contributed by atoms with Crippen molar-refractivity contribution in [1.29, 1.82) is 0 Å². The molecular weight excluding hydrogens is 160 g/mol. The molecule has 0 spiro atoms. The van der Waals surface area contributed by atoms with Gasteiger partial charge in [0, 0.05) is 0 Å². The summed E-state index contributed by atoms with van der Waals surface area (Å²) in [4.78, 5) is 0. The van der Waals surface area contributed by atoms with Gasteiger partial charge in [0.1, 0.15) is 0 Å². The minimum Gasteiger partial charge on any atom is -0.374 e. The van der Waals surface area contributed by atoms with Gasteiger partial charge >= 0.3 is 0 Å². The molecular formula is C9H17ClO. The molecule has 1 aliphatic carbocycles. The molecule has 1 fully saturated rings. The lowest BCUT2D eigenvalue weighted by molar-refractivity contribution is -0.00916. The molecule has 11 heavy (non-hydrogen) atoms. The molecule has 0 heterocycles. The van der Waals surface area contributed by atoms with Crippen LogP contribution in [0.1, 0.15) is 39.5 Å². The number of ether oxygens (including phenoxy) is 1. The van der Waals surface area contributed by atoms with Gasteiger partial charge in [0.2, 0.25) is 0 Å². The standard InChI is InChI=1S/C9H17ClO/c1-7(2)11-9-6-4-3-5-8(9)10/h7-9H,3-6H2,1-2H3. The summed E-state index contributed by atoms with van der Waals surface area (Å²) in [6.45, 7) is 4.14. The van der Waals surface area contributed by atoms with Crippen molar-refractivity contribution in [1.82, 2.24) is 0 Å². The van der Waals surface area contributed by atoms with Crippen LogP contribution in [0.3, 0.4) is 0 Å². The van der Waals surface area contributed by atoms with Gasteiger partial charge in [-0.15, -0.1) is 11.6 Å². The molecule has 1 nitrogen and oxygen atoms in total. The third kappa shape index (κ3) is 3.00. The molecule has 0 radical (unpaired) electrons. The molecule has 1 aliphatic rings. The van der Waals surface area contributed by atoms with Crippen LogP contribution in [0.4, 0.5) is 0 Å². The van der Waals surface area contributed by atoms with Crippen LogP contribution in [0, 0.1) is 0 Å². The highest BCUT2D eigenvalue weighted by Gasteiger charge is 2.24. The Morgan fingerprint density at radius 1 is 1.27 bits per heavy atom. The summed E-state index contributed by atoms with van der Waals surface area (Å²) < 4.78 is 5.67. The maximum Gasteiger partial charge on any atom is 0.0742 e. The maximum atomic E-state index is 6.10. The summed E-state index contributed by atoms with van der Waals surface area (Å²) in [7, 11) is 0. The maximum absolute atomic E-state index is 6.10. The van der Waals surface area contributed by atoms with E-state index in [0.29, 0.717) is 12.2 Å². The van der Waals surface area contributed by atoms with Gasteiger partial charge in [-0.05, 0) is 26.7 Å². The van der Waals surface area contributed by atoms with Crippen molar-refractivity contribution in [2.45, 2.75) is 57.1 Å². The van der Waals surface area contributed by atoms with E-state index >= 15 is 0 Å². The molecule has 0 N–H and O–H groups in total. The molecule has 0 bridgehead atoms. The van der Waals surface area contributed by atoms with Gasteiger partial charge in [-0.3, -0.25) is 0 Å². The molecule has 2 heteroatoms. The zero-order valence-corrected chi connectivity index (χ0v) is 8.10. The predicted octanol–water partition coefficient (Wildman–Crippen LogP) is 2.96. The van der Waals surface area contributed by atoms with Gasteiger partial charge in [-0.1, -0.05) is 12.8 Å². The predicted molar refractivity (Wildman–Crippen MR) is 48.1 cm³/mol. The molecule has 0 aromatic rings. The number of hydrogen-bond donors (Lipinski definition) is 0. The summed E-state index contributed by atoms with van der Waals surface area (Å²) in [5.41, 5.74) is 0. The van der Waals surface area contributed by atoms with Gasteiger partial charge in [0.25, 0.3) is 0 Å². The second-order valence-electron chi connectivity index (χ2n) is 3.52. The van der Waals surface area contributed by atoms with Crippen LogP contribution in [0.2, 0.25) is 0 Å². The zero-order valence-electron chi connectivity index (χ0n) is 7.35. The Labute approximate surface area is 74.1 Å². The smallest absolute Gasteiger partial charge is 0.0742 e. The Morgan fingerprint density at radius 3 is 2.45 bits per heavy atom. The lowest BCUT2D eigenvalue weighted by Crippen LogP contribution is -2.30. The SMILES string of the molecule is CC(C)OC1CCCCC1Cl. The van der Waals surface area contributed by atoms with Crippen molar-refractivity contribution in [3.8, 4) is 0 Å². The summed E-state index contributed by atoms with van der Waals surface area (Å²) in [5.74, 6) is 0. The summed E-state index contributed by atoms with van der Waals surface area (Å²) in [6.07, 6.45) is 5.45. The average Bonchev–Trinajstić information content (AvgIpc) is 1.93. The second-order valence-corrected chi connectivity index (χ2v) is 4.08. The molecule has 0 aromatic heterocycles. The lowest BCUT2D eigenvalue weighted by Gasteiger charge is -2.28. The van der Waals surface area contributed by atoms with Crippen LogP contribution in [-0.4, -0.2) is 17.6 Å². The Kier molecular flexibility index (Phi) is 3.67. The van der Waals surface area contributed by atoms with E-state index in [9.17, 15) is 0 Å². The summed E-state index contributed by atoms with van der Waals surface area (Å²) in [5, 5.41) is 0.256. The number of alkyl halides is 1. The third-order valence-electron chi connectivity index (χ3n) is 2.07. The number of rotatable bonds is 2. The van der Waals surface area contributed by atoms with E-state index in [1.165, 1.54) is 12.8 Å². The van der Waals surface area contributed by atoms with Gasteiger partial charge in [-0.2, -0.15) is 0 Å². The minimum atomic E-state index is 0.256. The Balaban J connectivity index is 2.29. The van der Waals surface area contributed by atoms with Crippen LogP contribution in [-0.2, 0) is 4.74 Å². The molecule has 1 saturated carbocycles. The second kappa shape index (κ2) is 4.32. The van der Waals surface area contributed by atoms with Crippen molar-refractivity contribution in [2.24, 2.45) is 0 Å². The van der Waals surface area contributed by atoms with E-state index in [1.54, 1.807) is 0 Å². The van der Waals surface area contributed by atoms with Crippen molar-refractivity contribution in [2.75, 3.05) is 0 Å². The number of hydrogen-bond acceptors (Lipinski definition) is 1. The lowest BCUT2D eigenvalue weighted by atomic mass is 9.97. The van der Waals surface area contributed by atoms with Crippen LogP contribution in [0.5, 0.6) is 0 Å². The fourth-order valence-corrected chi connectivity index (χ4v) is 1.89. The molecule has 2 unspecified atom stereocenters. The van der Waals surface area contributed by atoms with Crippen molar-refractivity contribution >= 4 is 11.6 Å². The highest BCUT2D eigenvalue weighted by atomic mass is 35.5. The van der Waals surface area contributed by atoms with Crippen LogP contribution in [0.25, 0.3) is 0 Å². The first-order chi connectivity index (χ1) is 5.20. The number of halogens is 1. The van der Waals surface area contributed by atoms with Gasteiger partial charge < -0.3 is 4.74 Å².